The molecular formula is C7H8F3NO2. The zero-order chi connectivity index (χ0) is 10.1. The summed E-state index contributed by atoms with van der Waals surface area (Å²) in [7, 11) is 0. The van der Waals surface area contributed by atoms with Crippen molar-refractivity contribution in [3.05, 3.63) is 23.7 Å². The molecule has 1 unspecified atom stereocenters. The lowest BCUT2D eigenvalue weighted by molar-refractivity contribution is -0.152. The molecule has 0 amide bonds. The molecule has 0 fully saturated rings. The highest BCUT2D eigenvalue weighted by Gasteiger charge is 2.39. The number of aliphatic hydroxyl groups excluding tert-OH is 1. The second-order valence-electron chi connectivity index (χ2n) is 2.48. The molecule has 0 aliphatic rings. The van der Waals surface area contributed by atoms with Crippen molar-refractivity contribution in [3.63, 3.8) is 0 Å². The van der Waals surface area contributed by atoms with E-state index in [1.807, 2.05) is 0 Å². The van der Waals surface area contributed by atoms with Gasteiger partial charge in [-0.3, -0.25) is 0 Å². The van der Waals surface area contributed by atoms with Gasteiger partial charge in [0.2, 0.25) is 0 Å². The molecule has 0 saturated heterocycles. The summed E-state index contributed by atoms with van der Waals surface area (Å²) in [5.74, 6) is -0.328. The van der Waals surface area contributed by atoms with Crippen molar-refractivity contribution in [2.45, 2.75) is 18.8 Å². The second-order valence-corrected chi connectivity index (χ2v) is 2.48. The summed E-state index contributed by atoms with van der Waals surface area (Å²) in [5, 5.41) is 8.52. The molecule has 0 aromatic carbocycles. The van der Waals surface area contributed by atoms with Gasteiger partial charge in [-0.1, -0.05) is 0 Å². The van der Waals surface area contributed by atoms with Gasteiger partial charge in [0, 0.05) is 0 Å². The molecule has 0 bridgehead atoms. The summed E-state index contributed by atoms with van der Waals surface area (Å²) in [4.78, 5) is 0. The normalized spacial score (nSPS) is 14.5. The molecule has 3 N–H and O–H groups in total. The Kier molecular flexibility index (Phi) is 2.63. The van der Waals surface area contributed by atoms with Crippen LogP contribution in [0.1, 0.15) is 17.6 Å². The lowest BCUT2D eigenvalue weighted by Crippen LogP contribution is -2.27. The highest BCUT2D eigenvalue weighted by molar-refractivity contribution is 5.11. The number of rotatable bonds is 2. The van der Waals surface area contributed by atoms with Gasteiger partial charge in [-0.15, -0.1) is 0 Å². The third-order valence-corrected chi connectivity index (χ3v) is 1.50. The monoisotopic (exact) mass is 195 g/mol. The minimum absolute atomic E-state index is 0.0645. The Morgan fingerprint density at radius 3 is 2.46 bits per heavy atom. The number of hydrogen-bond acceptors (Lipinski definition) is 3. The van der Waals surface area contributed by atoms with E-state index in [1.54, 1.807) is 0 Å². The molecule has 6 heteroatoms. The van der Waals surface area contributed by atoms with E-state index >= 15 is 0 Å². The molecule has 1 aromatic rings. The maximum Gasteiger partial charge on any atom is 0.410 e. The van der Waals surface area contributed by atoms with Crippen molar-refractivity contribution < 1.29 is 22.7 Å². The molecule has 74 valence electrons. The van der Waals surface area contributed by atoms with Crippen LogP contribution < -0.4 is 5.73 Å². The Hall–Kier alpha value is -1.01. The van der Waals surface area contributed by atoms with Crippen molar-refractivity contribution in [1.82, 2.24) is 0 Å². The summed E-state index contributed by atoms with van der Waals surface area (Å²) in [6.45, 7) is -0.440. The van der Waals surface area contributed by atoms with Gasteiger partial charge in [0.25, 0.3) is 0 Å². The second kappa shape index (κ2) is 3.39. The molecule has 0 aliphatic carbocycles. The van der Waals surface area contributed by atoms with E-state index in [1.165, 1.54) is 6.07 Å². The Morgan fingerprint density at radius 2 is 2.08 bits per heavy atom. The fourth-order valence-electron chi connectivity index (χ4n) is 0.808. The van der Waals surface area contributed by atoms with Crippen molar-refractivity contribution in [3.8, 4) is 0 Å². The first-order valence-electron chi connectivity index (χ1n) is 3.47. The lowest BCUT2D eigenvalue weighted by atomic mass is 10.2. The van der Waals surface area contributed by atoms with E-state index in [2.05, 4.69) is 4.42 Å². The van der Waals surface area contributed by atoms with Crippen LogP contribution in [0.15, 0.2) is 16.5 Å². The third kappa shape index (κ3) is 2.22. The zero-order valence-electron chi connectivity index (χ0n) is 6.51. The number of furan rings is 1. The predicted octanol–water partition coefficient (Wildman–Crippen LogP) is 1.33. The number of alkyl halides is 3. The van der Waals surface area contributed by atoms with Crippen molar-refractivity contribution in [1.29, 1.82) is 0 Å². The Labute approximate surface area is 72.0 Å². The molecule has 1 heterocycles. The van der Waals surface area contributed by atoms with Crippen LogP contribution in [0.5, 0.6) is 0 Å². The van der Waals surface area contributed by atoms with Crippen LogP contribution in [0, 0.1) is 0 Å². The van der Waals surface area contributed by atoms with Crippen molar-refractivity contribution in [2.24, 2.45) is 5.73 Å². The SMILES string of the molecule is NC(c1ccc(CO)o1)C(F)(F)F. The Morgan fingerprint density at radius 1 is 1.46 bits per heavy atom. The van der Waals surface area contributed by atoms with E-state index < -0.39 is 24.6 Å². The maximum atomic E-state index is 12.0. The molecule has 13 heavy (non-hydrogen) atoms. The molecule has 3 nitrogen and oxygen atoms in total. The van der Waals surface area contributed by atoms with Gasteiger partial charge in [0.1, 0.15) is 18.1 Å². The van der Waals surface area contributed by atoms with Crippen LogP contribution in [0.3, 0.4) is 0 Å². The van der Waals surface area contributed by atoms with Crippen LogP contribution >= 0.6 is 0 Å². The van der Waals surface area contributed by atoms with Gasteiger partial charge < -0.3 is 15.3 Å². The number of halogens is 3. The fraction of sp³-hybridized carbons (Fsp3) is 0.429. The average molecular weight is 195 g/mol. The van der Waals surface area contributed by atoms with E-state index in [0.717, 1.165) is 6.07 Å². The Balaban J connectivity index is 2.83. The van der Waals surface area contributed by atoms with Gasteiger partial charge >= 0.3 is 6.18 Å². The number of hydrogen-bond donors (Lipinski definition) is 2. The van der Waals surface area contributed by atoms with Crippen LogP contribution in [-0.4, -0.2) is 11.3 Å². The molecule has 1 rings (SSSR count). The summed E-state index contributed by atoms with van der Waals surface area (Å²) < 4.78 is 40.6. The zero-order valence-corrected chi connectivity index (χ0v) is 6.51. The predicted molar refractivity (Wildman–Crippen MR) is 37.6 cm³/mol. The fourth-order valence-corrected chi connectivity index (χ4v) is 0.808. The van der Waals surface area contributed by atoms with Crippen molar-refractivity contribution >= 4 is 0 Å². The van der Waals surface area contributed by atoms with Gasteiger partial charge in [0.05, 0.1) is 0 Å². The number of nitrogens with two attached hydrogens (primary N) is 1. The van der Waals surface area contributed by atoms with E-state index in [0.29, 0.717) is 0 Å². The molecule has 1 aromatic heterocycles. The van der Waals surface area contributed by atoms with E-state index in [4.69, 9.17) is 10.8 Å². The molecule has 0 saturated carbocycles. The van der Waals surface area contributed by atoms with Crippen LogP contribution in [-0.2, 0) is 6.61 Å². The smallest absolute Gasteiger partial charge is 0.410 e. The van der Waals surface area contributed by atoms with E-state index in [-0.39, 0.29) is 5.76 Å². The van der Waals surface area contributed by atoms with Crippen LogP contribution in [0.25, 0.3) is 0 Å². The Bertz CT molecular complexity index is 282. The molecule has 0 aliphatic heterocycles. The van der Waals surface area contributed by atoms with Gasteiger partial charge in [0.15, 0.2) is 6.04 Å². The molecular weight excluding hydrogens is 187 g/mol. The van der Waals surface area contributed by atoms with Crippen LogP contribution in [0.2, 0.25) is 0 Å². The standard InChI is InChI=1S/C7H8F3NO2/c8-7(9,10)6(11)5-2-1-4(3-12)13-5/h1-2,6,12H,3,11H2. The summed E-state index contributed by atoms with van der Waals surface area (Å²) in [5.41, 5.74) is 4.84. The van der Waals surface area contributed by atoms with Crippen molar-refractivity contribution in [2.75, 3.05) is 0 Å². The van der Waals surface area contributed by atoms with Gasteiger partial charge in [-0.05, 0) is 12.1 Å². The molecule has 0 spiro atoms. The summed E-state index contributed by atoms with van der Waals surface area (Å²) in [6.07, 6.45) is -4.52. The first-order chi connectivity index (χ1) is 5.95. The largest absolute Gasteiger partial charge is 0.462 e. The summed E-state index contributed by atoms with van der Waals surface area (Å²) >= 11 is 0. The molecule has 0 radical (unpaired) electrons. The minimum Gasteiger partial charge on any atom is -0.462 e. The van der Waals surface area contributed by atoms with Gasteiger partial charge in [-0.2, -0.15) is 13.2 Å². The first kappa shape index (κ1) is 10.1. The minimum atomic E-state index is -4.52. The highest BCUT2D eigenvalue weighted by Crippen LogP contribution is 2.31. The quantitative estimate of drug-likeness (QED) is 0.748. The van der Waals surface area contributed by atoms with Crippen LogP contribution in [0.4, 0.5) is 13.2 Å². The highest BCUT2D eigenvalue weighted by atomic mass is 19.4. The third-order valence-electron chi connectivity index (χ3n) is 1.50. The van der Waals surface area contributed by atoms with Gasteiger partial charge in [-0.25, -0.2) is 0 Å². The first-order valence-corrected chi connectivity index (χ1v) is 3.47. The summed E-state index contributed by atoms with van der Waals surface area (Å²) in [6, 6.07) is 0.220. The van der Waals surface area contributed by atoms with E-state index in [9.17, 15) is 13.2 Å². The maximum absolute atomic E-state index is 12.0. The lowest BCUT2D eigenvalue weighted by Gasteiger charge is -2.12. The molecule has 1 atom stereocenters. The topological polar surface area (TPSA) is 59.4 Å². The average Bonchev–Trinajstić information content (AvgIpc) is 2.48. The number of aliphatic hydroxyl groups is 1.